The van der Waals surface area contributed by atoms with E-state index in [1.54, 1.807) is 0 Å². The van der Waals surface area contributed by atoms with Crippen LogP contribution >= 0.6 is 11.8 Å². The van der Waals surface area contributed by atoms with Gasteiger partial charge >= 0.3 is 0 Å². The maximum atomic E-state index is 12.9. The second kappa shape index (κ2) is 6.93. The summed E-state index contributed by atoms with van der Waals surface area (Å²) in [6.07, 6.45) is 4.19. The summed E-state index contributed by atoms with van der Waals surface area (Å²) >= 11 is 1.33. The Labute approximate surface area is 156 Å². The quantitative estimate of drug-likeness (QED) is 0.834. The Hall–Kier alpha value is -2.65. The van der Waals surface area contributed by atoms with Crippen molar-refractivity contribution in [1.29, 1.82) is 5.26 Å². The number of nitriles is 1. The fraction of sp³-hybridized carbons (Fsp3) is 0.300. The molecule has 0 unspecified atom stereocenters. The molecule has 1 aromatic carbocycles. The number of para-hydroxylation sites is 1. The van der Waals surface area contributed by atoms with Gasteiger partial charge in [0.1, 0.15) is 16.3 Å². The van der Waals surface area contributed by atoms with Crippen LogP contribution in [0.1, 0.15) is 36.6 Å². The Morgan fingerprint density at radius 3 is 2.77 bits per heavy atom. The molecule has 130 valence electrons. The second-order valence-corrected chi connectivity index (χ2v) is 7.58. The minimum absolute atomic E-state index is 0.0953. The first-order chi connectivity index (χ1) is 12.7. The Morgan fingerprint density at radius 2 is 2.00 bits per heavy atom. The first-order valence-electron chi connectivity index (χ1n) is 8.71. The summed E-state index contributed by atoms with van der Waals surface area (Å²) in [5, 5.41) is 15.6. The lowest BCUT2D eigenvalue weighted by Gasteiger charge is -2.18. The van der Waals surface area contributed by atoms with Gasteiger partial charge in [-0.15, -0.1) is 0 Å². The van der Waals surface area contributed by atoms with E-state index >= 15 is 0 Å². The van der Waals surface area contributed by atoms with Crippen LogP contribution in [0.25, 0.3) is 0 Å². The molecule has 0 bridgehead atoms. The van der Waals surface area contributed by atoms with Crippen LogP contribution in [0, 0.1) is 11.3 Å². The Morgan fingerprint density at radius 1 is 1.23 bits per heavy atom. The summed E-state index contributed by atoms with van der Waals surface area (Å²) in [7, 11) is 0. The summed E-state index contributed by atoms with van der Waals surface area (Å²) in [5.41, 5.74) is 4.27. The fourth-order valence-electron chi connectivity index (χ4n) is 3.34. The van der Waals surface area contributed by atoms with Gasteiger partial charge in [0.05, 0.1) is 17.0 Å². The maximum absolute atomic E-state index is 12.9. The van der Waals surface area contributed by atoms with Gasteiger partial charge in [-0.3, -0.25) is 4.79 Å². The lowest BCUT2D eigenvalue weighted by Crippen LogP contribution is -2.29. The number of aromatic nitrogens is 1. The van der Waals surface area contributed by atoms with Crippen molar-refractivity contribution in [2.45, 2.75) is 42.9 Å². The number of pyridine rings is 1. The number of carbonyl (C=O) groups is 1. The molecular weight excluding hydrogens is 344 g/mol. The number of fused-ring (bicyclic) bond motifs is 1. The van der Waals surface area contributed by atoms with E-state index in [9.17, 15) is 10.1 Å². The number of aryl methyl sites for hydroxylation is 2. The van der Waals surface area contributed by atoms with Crippen LogP contribution in [0.4, 0.5) is 5.69 Å². The van der Waals surface area contributed by atoms with E-state index in [0.29, 0.717) is 10.6 Å². The Balaban J connectivity index is 1.63. The molecule has 1 atom stereocenters. The highest BCUT2D eigenvalue weighted by molar-refractivity contribution is 8.01. The van der Waals surface area contributed by atoms with E-state index in [4.69, 9.17) is 4.98 Å². The van der Waals surface area contributed by atoms with E-state index in [1.165, 1.54) is 22.3 Å². The van der Waals surface area contributed by atoms with E-state index in [-0.39, 0.29) is 5.91 Å². The molecule has 0 N–H and O–H groups in total. The van der Waals surface area contributed by atoms with Crippen LogP contribution in [0.2, 0.25) is 0 Å². The van der Waals surface area contributed by atoms with Gasteiger partial charge in [-0.1, -0.05) is 30.0 Å². The minimum Gasteiger partial charge on any atom is -0.271 e. The van der Waals surface area contributed by atoms with Crippen molar-refractivity contribution in [3.8, 4) is 6.07 Å². The molecule has 2 heterocycles. The molecule has 1 amide bonds. The van der Waals surface area contributed by atoms with Crippen LogP contribution in [0.5, 0.6) is 0 Å². The standard InChI is InChI=1S/C20H18N4OS/c1-13-18(20(25)24(23-13)16-8-3-2-4-9-16)26-19-15(12-21)11-14-7-5-6-10-17(14)22-19/h2-4,8-9,11,18H,5-7,10H2,1H3/t18-/m1/s1. The topological polar surface area (TPSA) is 69.3 Å². The predicted molar refractivity (Wildman–Crippen MR) is 102 cm³/mol. The predicted octanol–water partition coefficient (Wildman–Crippen LogP) is 3.72. The van der Waals surface area contributed by atoms with Crippen LogP contribution in [0.15, 0.2) is 46.5 Å². The third kappa shape index (κ3) is 2.99. The summed E-state index contributed by atoms with van der Waals surface area (Å²) < 4.78 is 0. The Kier molecular flexibility index (Phi) is 4.48. The largest absolute Gasteiger partial charge is 0.271 e. The molecule has 0 spiro atoms. The van der Waals surface area contributed by atoms with E-state index in [1.807, 2.05) is 43.3 Å². The smallest absolute Gasteiger partial charge is 0.266 e. The number of hydrogen-bond donors (Lipinski definition) is 0. The molecule has 0 saturated carbocycles. The lowest BCUT2D eigenvalue weighted by molar-refractivity contribution is -0.116. The van der Waals surface area contributed by atoms with E-state index < -0.39 is 5.25 Å². The molecule has 1 aliphatic carbocycles. The monoisotopic (exact) mass is 362 g/mol. The van der Waals surface area contributed by atoms with E-state index in [0.717, 1.165) is 42.8 Å². The maximum Gasteiger partial charge on any atom is 0.266 e. The number of thioether (sulfide) groups is 1. The van der Waals surface area contributed by atoms with Crippen molar-refractivity contribution in [3.63, 3.8) is 0 Å². The molecule has 4 rings (SSSR count). The molecule has 0 saturated heterocycles. The average molecular weight is 362 g/mol. The molecule has 2 aliphatic rings. The van der Waals surface area contributed by atoms with Gasteiger partial charge in [-0.05, 0) is 56.4 Å². The number of nitrogens with zero attached hydrogens (tertiary/aromatic N) is 4. The number of benzene rings is 1. The third-order valence-electron chi connectivity index (χ3n) is 4.69. The van der Waals surface area contributed by atoms with Gasteiger partial charge in [0.25, 0.3) is 5.91 Å². The zero-order chi connectivity index (χ0) is 18.1. The van der Waals surface area contributed by atoms with Crippen molar-refractivity contribution in [3.05, 3.63) is 53.2 Å². The average Bonchev–Trinajstić information content (AvgIpc) is 2.96. The molecular formula is C20H18N4OS. The molecule has 5 nitrogen and oxygen atoms in total. The molecule has 0 radical (unpaired) electrons. The number of hydrogen-bond acceptors (Lipinski definition) is 5. The van der Waals surface area contributed by atoms with Gasteiger partial charge in [0, 0.05) is 5.69 Å². The number of hydrazone groups is 1. The van der Waals surface area contributed by atoms with Gasteiger partial charge in [-0.2, -0.15) is 15.4 Å². The van der Waals surface area contributed by atoms with Gasteiger partial charge in [-0.25, -0.2) is 4.98 Å². The number of anilines is 1. The van der Waals surface area contributed by atoms with Gasteiger partial charge < -0.3 is 0 Å². The summed E-state index contributed by atoms with van der Waals surface area (Å²) in [4.78, 5) is 17.6. The number of carbonyl (C=O) groups excluding carboxylic acids is 1. The van der Waals surface area contributed by atoms with Crippen LogP contribution in [-0.4, -0.2) is 21.9 Å². The number of amides is 1. The molecule has 2 aromatic rings. The molecule has 6 heteroatoms. The molecule has 1 aliphatic heterocycles. The highest BCUT2D eigenvalue weighted by Crippen LogP contribution is 2.34. The normalized spacial score (nSPS) is 19.1. The first kappa shape index (κ1) is 16.8. The van der Waals surface area contributed by atoms with Crippen molar-refractivity contribution in [2.24, 2.45) is 5.10 Å². The summed E-state index contributed by atoms with van der Waals surface area (Å²) in [5.74, 6) is -0.0953. The SMILES string of the molecule is CC1=NN(c2ccccc2)C(=O)[C@@H]1Sc1nc2c(cc1C#N)CCCC2. The van der Waals surface area contributed by atoms with Gasteiger partial charge in [0.2, 0.25) is 0 Å². The zero-order valence-electron chi connectivity index (χ0n) is 14.5. The van der Waals surface area contributed by atoms with Crippen LogP contribution in [0.3, 0.4) is 0 Å². The van der Waals surface area contributed by atoms with E-state index in [2.05, 4.69) is 11.2 Å². The Bertz CT molecular complexity index is 933. The van der Waals surface area contributed by atoms with Crippen LogP contribution < -0.4 is 5.01 Å². The highest BCUT2D eigenvalue weighted by atomic mass is 32.2. The van der Waals surface area contributed by atoms with Crippen molar-refractivity contribution >= 4 is 29.1 Å². The molecule has 0 fully saturated rings. The first-order valence-corrected chi connectivity index (χ1v) is 9.59. The van der Waals surface area contributed by atoms with Crippen molar-refractivity contribution in [1.82, 2.24) is 4.98 Å². The zero-order valence-corrected chi connectivity index (χ0v) is 15.3. The van der Waals surface area contributed by atoms with Gasteiger partial charge in [0.15, 0.2) is 0 Å². The third-order valence-corrected chi connectivity index (χ3v) is 6.00. The summed E-state index contributed by atoms with van der Waals surface area (Å²) in [6, 6.07) is 13.6. The second-order valence-electron chi connectivity index (χ2n) is 6.49. The number of rotatable bonds is 3. The van der Waals surface area contributed by atoms with Crippen molar-refractivity contribution in [2.75, 3.05) is 5.01 Å². The minimum atomic E-state index is -0.448. The van der Waals surface area contributed by atoms with Crippen molar-refractivity contribution < 1.29 is 4.79 Å². The molecule has 26 heavy (non-hydrogen) atoms. The highest BCUT2D eigenvalue weighted by Gasteiger charge is 2.36. The lowest BCUT2D eigenvalue weighted by atomic mass is 9.95. The van der Waals surface area contributed by atoms with Crippen LogP contribution in [-0.2, 0) is 17.6 Å². The fourth-order valence-corrected chi connectivity index (χ4v) is 4.37. The molecule has 1 aromatic heterocycles. The summed E-state index contributed by atoms with van der Waals surface area (Å²) in [6.45, 7) is 1.85.